The zero-order valence-corrected chi connectivity index (χ0v) is 17.0. The molecule has 1 spiro atoms. The fraction of sp³-hybridized carbons (Fsp3) is 0.500. The number of halogens is 1. The molecule has 0 aliphatic carbocycles. The Morgan fingerprint density at radius 3 is 2.43 bits per heavy atom. The molecule has 158 valence electrons. The lowest BCUT2D eigenvalue weighted by Gasteiger charge is -2.49. The van der Waals surface area contributed by atoms with Crippen LogP contribution in [0.2, 0.25) is 0 Å². The highest BCUT2D eigenvalue weighted by Crippen LogP contribution is 2.42. The fourth-order valence-electron chi connectivity index (χ4n) is 5.01. The molecule has 0 atom stereocenters. The third-order valence-electron chi connectivity index (χ3n) is 6.61. The summed E-state index contributed by atoms with van der Waals surface area (Å²) in [6.45, 7) is 5.44. The van der Waals surface area contributed by atoms with Crippen LogP contribution >= 0.6 is 0 Å². The van der Waals surface area contributed by atoms with Crippen molar-refractivity contribution in [2.45, 2.75) is 24.8 Å². The summed E-state index contributed by atoms with van der Waals surface area (Å²) in [7, 11) is 0. The molecule has 1 aromatic heterocycles. The summed E-state index contributed by atoms with van der Waals surface area (Å²) in [6, 6.07) is 8.62. The summed E-state index contributed by atoms with van der Waals surface area (Å²) < 4.78 is 18.6. The Morgan fingerprint density at radius 2 is 1.70 bits per heavy atom. The van der Waals surface area contributed by atoms with Gasteiger partial charge in [0, 0.05) is 44.7 Å². The van der Waals surface area contributed by atoms with Gasteiger partial charge in [0.05, 0.1) is 25.6 Å². The molecule has 3 aliphatic rings. The number of anilines is 1. The number of hydrogen-bond acceptors (Lipinski definition) is 5. The van der Waals surface area contributed by atoms with Crippen molar-refractivity contribution >= 4 is 12.0 Å². The van der Waals surface area contributed by atoms with Gasteiger partial charge >= 0.3 is 6.03 Å². The van der Waals surface area contributed by atoms with Gasteiger partial charge in [-0.1, -0.05) is 24.3 Å². The molecule has 4 heterocycles. The number of fused-ring (bicyclic) bond motifs is 2. The maximum Gasteiger partial charge on any atom is 0.320 e. The van der Waals surface area contributed by atoms with E-state index in [1.807, 2.05) is 9.80 Å². The van der Waals surface area contributed by atoms with Crippen molar-refractivity contribution in [3.05, 3.63) is 53.6 Å². The van der Waals surface area contributed by atoms with E-state index in [9.17, 15) is 9.18 Å². The van der Waals surface area contributed by atoms with Crippen LogP contribution in [0.15, 0.2) is 36.7 Å². The van der Waals surface area contributed by atoms with Crippen molar-refractivity contribution in [2.24, 2.45) is 0 Å². The highest BCUT2D eigenvalue weighted by atomic mass is 19.1. The molecule has 7 nitrogen and oxygen atoms in total. The molecular formula is C22H26FN5O2. The Kier molecular flexibility index (Phi) is 5.02. The van der Waals surface area contributed by atoms with Crippen LogP contribution in [0.3, 0.4) is 0 Å². The predicted octanol–water partition coefficient (Wildman–Crippen LogP) is 2.42. The summed E-state index contributed by atoms with van der Waals surface area (Å²) in [5.41, 5.74) is 2.51. The molecule has 0 bridgehead atoms. The first-order valence-electron chi connectivity index (χ1n) is 10.6. The second-order valence-electron chi connectivity index (χ2n) is 8.36. The molecule has 2 fully saturated rings. The minimum atomic E-state index is -0.425. The van der Waals surface area contributed by atoms with E-state index in [4.69, 9.17) is 4.74 Å². The molecule has 0 radical (unpaired) electrons. The van der Waals surface area contributed by atoms with E-state index >= 15 is 0 Å². The predicted molar refractivity (Wildman–Crippen MR) is 110 cm³/mol. The van der Waals surface area contributed by atoms with E-state index in [2.05, 4.69) is 39.1 Å². The van der Waals surface area contributed by atoms with Crippen LogP contribution < -0.4 is 4.90 Å². The van der Waals surface area contributed by atoms with Gasteiger partial charge in [-0.15, -0.1) is 0 Å². The van der Waals surface area contributed by atoms with Gasteiger partial charge in [0.15, 0.2) is 5.82 Å². The Hall–Kier alpha value is -2.74. The zero-order chi connectivity index (χ0) is 20.6. The van der Waals surface area contributed by atoms with Gasteiger partial charge in [0.2, 0.25) is 5.95 Å². The van der Waals surface area contributed by atoms with E-state index in [-0.39, 0.29) is 11.4 Å². The zero-order valence-electron chi connectivity index (χ0n) is 17.0. The van der Waals surface area contributed by atoms with Crippen LogP contribution in [-0.4, -0.2) is 71.7 Å². The number of piperidine rings is 1. The summed E-state index contributed by atoms with van der Waals surface area (Å²) in [5.74, 6) is 0.141. The van der Waals surface area contributed by atoms with Crippen LogP contribution in [0.5, 0.6) is 0 Å². The average Bonchev–Trinajstić information content (AvgIpc) is 2.80. The largest absolute Gasteiger partial charge is 0.378 e. The second kappa shape index (κ2) is 7.83. The average molecular weight is 411 g/mol. The summed E-state index contributed by atoms with van der Waals surface area (Å²) in [4.78, 5) is 27.5. The standard InChI is InChI=1S/C22H26FN5O2/c23-18-13-24-20(25-14-18)26-7-5-22(6-8-26)16-28(15-17-3-1-2-4-19(17)22)21(29)27-9-11-30-12-10-27/h1-4,13-14H,5-12,15-16H2. The molecule has 3 aliphatic heterocycles. The first kappa shape index (κ1) is 19.2. The molecule has 2 amide bonds. The number of hydrogen-bond donors (Lipinski definition) is 0. The maximum absolute atomic E-state index is 13.2. The Labute approximate surface area is 175 Å². The SMILES string of the molecule is O=C(N1CCOCC1)N1Cc2ccccc2C2(CCN(c3ncc(F)cn3)CC2)C1. The maximum atomic E-state index is 13.2. The van der Waals surface area contributed by atoms with Crippen molar-refractivity contribution in [3.8, 4) is 0 Å². The molecule has 0 N–H and O–H groups in total. The number of benzene rings is 1. The van der Waals surface area contributed by atoms with Gasteiger partial charge in [0.1, 0.15) is 0 Å². The van der Waals surface area contributed by atoms with Crippen LogP contribution in [-0.2, 0) is 16.7 Å². The smallest absolute Gasteiger partial charge is 0.320 e. The normalized spacial score (nSPS) is 20.9. The van der Waals surface area contributed by atoms with Gasteiger partial charge in [-0.2, -0.15) is 0 Å². The van der Waals surface area contributed by atoms with Crippen molar-refractivity contribution in [2.75, 3.05) is 50.8 Å². The van der Waals surface area contributed by atoms with Crippen molar-refractivity contribution < 1.29 is 13.9 Å². The number of carbonyl (C=O) groups excluding carboxylic acids is 1. The topological polar surface area (TPSA) is 61.8 Å². The molecule has 2 saturated heterocycles. The second-order valence-corrected chi connectivity index (χ2v) is 8.36. The van der Waals surface area contributed by atoms with Crippen LogP contribution in [0.1, 0.15) is 24.0 Å². The highest BCUT2D eigenvalue weighted by molar-refractivity contribution is 5.75. The first-order chi connectivity index (χ1) is 14.6. The third kappa shape index (κ3) is 3.49. The summed E-state index contributed by atoms with van der Waals surface area (Å²) in [5, 5.41) is 0. The molecule has 8 heteroatoms. The number of carbonyl (C=O) groups is 1. The molecule has 1 aromatic carbocycles. The molecule has 30 heavy (non-hydrogen) atoms. The lowest BCUT2D eigenvalue weighted by atomic mass is 9.69. The lowest BCUT2D eigenvalue weighted by molar-refractivity contribution is 0.0379. The first-order valence-corrected chi connectivity index (χ1v) is 10.6. The van der Waals surface area contributed by atoms with Gasteiger partial charge in [-0.3, -0.25) is 0 Å². The molecule has 0 unspecified atom stereocenters. The number of morpholine rings is 1. The monoisotopic (exact) mass is 411 g/mol. The summed E-state index contributed by atoms with van der Waals surface area (Å²) in [6.07, 6.45) is 4.23. The number of ether oxygens (including phenoxy) is 1. The third-order valence-corrected chi connectivity index (χ3v) is 6.61. The van der Waals surface area contributed by atoms with Gasteiger partial charge in [-0.25, -0.2) is 19.2 Å². The minimum absolute atomic E-state index is 0.0761. The van der Waals surface area contributed by atoms with E-state index < -0.39 is 5.82 Å². The van der Waals surface area contributed by atoms with Crippen LogP contribution in [0.25, 0.3) is 0 Å². The Balaban J connectivity index is 1.38. The van der Waals surface area contributed by atoms with E-state index in [0.717, 1.165) is 32.5 Å². The van der Waals surface area contributed by atoms with Crippen LogP contribution in [0.4, 0.5) is 15.1 Å². The van der Waals surface area contributed by atoms with E-state index in [1.165, 1.54) is 23.5 Å². The number of aromatic nitrogens is 2. The Bertz CT molecular complexity index is 908. The fourth-order valence-corrected chi connectivity index (χ4v) is 5.01. The molecule has 2 aromatic rings. The van der Waals surface area contributed by atoms with Gasteiger partial charge in [0.25, 0.3) is 0 Å². The molecular weight excluding hydrogens is 385 g/mol. The van der Waals surface area contributed by atoms with Crippen LogP contribution in [0, 0.1) is 5.82 Å². The van der Waals surface area contributed by atoms with E-state index in [1.54, 1.807) is 0 Å². The van der Waals surface area contributed by atoms with Crippen molar-refractivity contribution in [1.29, 1.82) is 0 Å². The lowest BCUT2D eigenvalue weighted by Crippen LogP contribution is -2.56. The van der Waals surface area contributed by atoms with Gasteiger partial charge in [-0.05, 0) is 24.0 Å². The number of urea groups is 1. The summed E-state index contributed by atoms with van der Waals surface area (Å²) >= 11 is 0. The van der Waals surface area contributed by atoms with Crippen molar-refractivity contribution in [3.63, 3.8) is 0 Å². The van der Waals surface area contributed by atoms with Crippen molar-refractivity contribution in [1.82, 2.24) is 19.8 Å². The quantitative estimate of drug-likeness (QED) is 0.721. The Morgan fingerprint density at radius 1 is 1.00 bits per heavy atom. The highest BCUT2D eigenvalue weighted by Gasteiger charge is 2.44. The number of nitrogens with zero attached hydrogens (tertiary/aromatic N) is 5. The minimum Gasteiger partial charge on any atom is -0.378 e. The van der Waals surface area contributed by atoms with E-state index in [0.29, 0.717) is 38.8 Å². The number of amides is 2. The molecule has 0 saturated carbocycles. The molecule has 5 rings (SSSR count). The van der Waals surface area contributed by atoms with Gasteiger partial charge < -0.3 is 19.4 Å². The number of rotatable bonds is 1.